The van der Waals surface area contributed by atoms with Crippen LogP contribution in [0.4, 0.5) is 0 Å². The summed E-state index contributed by atoms with van der Waals surface area (Å²) in [4.78, 5) is 0. The molecule has 0 N–H and O–H groups in total. The van der Waals surface area contributed by atoms with E-state index in [2.05, 4.69) is 10.2 Å². The zero-order valence-electron chi connectivity index (χ0n) is 7.91. The minimum Gasteiger partial charge on any atom is -0.371 e. The summed E-state index contributed by atoms with van der Waals surface area (Å²) in [6.45, 7) is 0.565. The third kappa shape index (κ3) is 2.90. The molecule has 1 heterocycles. The van der Waals surface area contributed by atoms with Crippen molar-refractivity contribution in [1.82, 2.24) is 10.2 Å². The summed E-state index contributed by atoms with van der Waals surface area (Å²) in [5, 5.41) is 8.52. The van der Waals surface area contributed by atoms with Gasteiger partial charge in [0.05, 0.1) is 6.10 Å². The van der Waals surface area contributed by atoms with Crippen LogP contribution in [0.15, 0.2) is 0 Å². The van der Waals surface area contributed by atoms with Crippen molar-refractivity contribution in [2.45, 2.75) is 44.8 Å². The first kappa shape index (κ1) is 10.3. The summed E-state index contributed by atoms with van der Waals surface area (Å²) in [5.41, 5.74) is 0. The van der Waals surface area contributed by atoms with Gasteiger partial charge in [0.15, 0.2) is 0 Å². The molecule has 0 unspecified atom stereocenters. The van der Waals surface area contributed by atoms with Crippen LogP contribution < -0.4 is 0 Å². The Labute approximate surface area is 92.4 Å². The molecule has 1 saturated carbocycles. The molecule has 0 spiro atoms. The van der Waals surface area contributed by atoms with E-state index in [1.54, 1.807) is 0 Å². The molecule has 0 aliphatic heterocycles. The second kappa shape index (κ2) is 5.05. The fourth-order valence-electron chi connectivity index (χ4n) is 1.71. The SMILES string of the molecule is Clc1nnc(COC2CCCCC2)s1. The second-order valence-corrected chi connectivity index (χ2v) is 5.16. The molecule has 1 aliphatic carbocycles. The molecule has 1 aromatic rings. The van der Waals surface area contributed by atoms with E-state index >= 15 is 0 Å². The minimum atomic E-state index is 0.423. The Balaban J connectivity index is 1.76. The highest BCUT2D eigenvalue weighted by molar-refractivity contribution is 7.15. The molecule has 1 fully saturated rings. The van der Waals surface area contributed by atoms with E-state index in [0.29, 0.717) is 17.2 Å². The zero-order chi connectivity index (χ0) is 9.80. The number of halogens is 1. The third-order valence-electron chi connectivity index (χ3n) is 2.44. The van der Waals surface area contributed by atoms with Gasteiger partial charge in [0.2, 0.25) is 4.47 Å². The van der Waals surface area contributed by atoms with Gasteiger partial charge in [0.1, 0.15) is 11.6 Å². The number of rotatable bonds is 3. The Morgan fingerprint density at radius 2 is 2.07 bits per heavy atom. The zero-order valence-corrected chi connectivity index (χ0v) is 9.48. The summed E-state index contributed by atoms with van der Waals surface area (Å²) in [5.74, 6) is 0. The summed E-state index contributed by atoms with van der Waals surface area (Å²) < 4.78 is 6.22. The molecular weight excluding hydrogens is 220 g/mol. The van der Waals surface area contributed by atoms with E-state index in [-0.39, 0.29) is 0 Å². The Morgan fingerprint density at radius 3 is 2.71 bits per heavy atom. The lowest BCUT2D eigenvalue weighted by Gasteiger charge is -2.21. The first-order valence-electron chi connectivity index (χ1n) is 4.94. The van der Waals surface area contributed by atoms with Gasteiger partial charge in [0.25, 0.3) is 0 Å². The molecule has 14 heavy (non-hydrogen) atoms. The van der Waals surface area contributed by atoms with Gasteiger partial charge in [0, 0.05) is 0 Å². The van der Waals surface area contributed by atoms with Crippen molar-refractivity contribution >= 4 is 22.9 Å². The van der Waals surface area contributed by atoms with Crippen molar-refractivity contribution in [2.24, 2.45) is 0 Å². The van der Waals surface area contributed by atoms with Crippen LogP contribution in [0.1, 0.15) is 37.1 Å². The Morgan fingerprint density at radius 1 is 1.29 bits per heavy atom. The maximum Gasteiger partial charge on any atom is 0.207 e. The smallest absolute Gasteiger partial charge is 0.207 e. The third-order valence-corrected chi connectivity index (χ3v) is 3.43. The van der Waals surface area contributed by atoms with Crippen molar-refractivity contribution in [3.05, 3.63) is 9.47 Å². The van der Waals surface area contributed by atoms with Gasteiger partial charge in [-0.1, -0.05) is 30.6 Å². The normalized spacial score (nSPS) is 18.6. The maximum absolute atomic E-state index is 5.73. The standard InChI is InChI=1S/C9H13ClN2OS/c10-9-12-11-8(14-9)6-13-7-4-2-1-3-5-7/h7H,1-6H2. The van der Waals surface area contributed by atoms with Crippen LogP contribution in [0.3, 0.4) is 0 Å². The molecule has 0 saturated heterocycles. The highest BCUT2D eigenvalue weighted by atomic mass is 35.5. The monoisotopic (exact) mass is 232 g/mol. The number of hydrogen-bond donors (Lipinski definition) is 0. The average molecular weight is 233 g/mol. The van der Waals surface area contributed by atoms with Crippen molar-refractivity contribution in [3.8, 4) is 0 Å². The minimum absolute atomic E-state index is 0.423. The average Bonchev–Trinajstić information content (AvgIpc) is 2.63. The molecule has 0 amide bonds. The van der Waals surface area contributed by atoms with E-state index in [1.165, 1.54) is 43.4 Å². The fraction of sp³-hybridized carbons (Fsp3) is 0.778. The molecular formula is C9H13ClN2OS. The predicted molar refractivity (Wildman–Crippen MR) is 56.6 cm³/mol. The number of ether oxygens (including phenoxy) is 1. The van der Waals surface area contributed by atoms with Crippen molar-refractivity contribution < 1.29 is 4.74 Å². The van der Waals surface area contributed by atoms with Crippen LogP contribution >= 0.6 is 22.9 Å². The van der Waals surface area contributed by atoms with E-state index in [1.807, 2.05) is 0 Å². The first-order chi connectivity index (χ1) is 6.84. The fourth-order valence-corrected chi connectivity index (χ4v) is 2.50. The number of hydrogen-bond acceptors (Lipinski definition) is 4. The van der Waals surface area contributed by atoms with Gasteiger partial charge in [-0.3, -0.25) is 0 Å². The van der Waals surface area contributed by atoms with Gasteiger partial charge in [-0.05, 0) is 24.4 Å². The lowest BCUT2D eigenvalue weighted by atomic mass is 9.98. The van der Waals surface area contributed by atoms with E-state index in [9.17, 15) is 0 Å². The van der Waals surface area contributed by atoms with Gasteiger partial charge in [-0.2, -0.15) is 0 Å². The Kier molecular flexibility index (Phi) is 3.73. The topological polar surface area (TPSA) is 35.0 Å². The molecule has 5 heteroatoms. The van der Waals surface area contributed by atoms with Gasteiger partial charge >= 0.3 is 0 Å². The van der Waals surface area contributed by atoms with Crippen molar-refractivity contribution in [2.75, 3.05) is 0 Å². The lowest BCUT2D eigenvalue weighted by molar-refractivity contribution is 0.0165. The molecule has 1 aromatic heterocycles. The van der Waals surface area contributed by atoms with Crippen LogP contribution in [0.2, 0.25) is 4.47 Å². The Hall–Kier alpha value is -0.190. The van der Waals surface area contributed by atoms with Crippen LogP contribution in [-0.2, 0) is 11.3 Å². The molecule has 3 nitrogen and oxygen atoms in total. The molecule has 0 bridgehead atoms. The van der Waals surface area contributed by atoms with Crippen LogP contribution in [0.5, 0.6) is 0 Å². The van der Waals surface area contributed by atoms with E-state index < -0.39 is 0 Å². The highest BCUT2D eigenvalue weighted by Gasteiger charge is 2.14. The maximum atomic E-state index is 5.73. The first-order valence-corrected chi connectivity index (χ1v) is 6.13. The van der Waals surface area contributed by atoms with Crippen molar-refractivity contribution in [3.63, 3.8) is 0 Å². The Bertz CT molecular complexity index is 286. The summed E-state index contributed by atoms with van der Waals surface area (Å²) in [7, 11) is 0. The number of aromatic nitrogens is 2. The van der Waals surface area contributed by atoms with E-state index in [4.69, 9.17) is 16.3 Å². The molecule has 78 valence electrons. The van der Waals surface area contributed by atoms with E-state index in [0.717, 1.165) is 5.01 Å². The van der Waals surface area contributed by atoms with Crippen LogP contribution in [0.25, 0.3) is 0 Å². The molecule has 1 aliphatic rings. The molecule has 0 atom stereocenters. The van der Waals surface area contributed by atoms with Gasteiger partial charge < -0.3 is 4.74 Å². The molecule has 0 aromatic carbocycles. The number of nitrogens with zero attached hydrogens (tertiary/aromatic N) is 2. The molecule has 0 radical (unpaired) electrons. The lowest BCUT2D eigenvalue weighted by Crippen LogP contribution is -2.16. The highest BCUT2D eigenvalue weighted by Crippen LogP contribution is 2.22. The summed E-state index contributed by atoms with van der Waals surface area (Å²) in [6, 6.07) is 0. The second-order valence-electron chi connectivity index (χ2n) is 3.52. The predicted octanol–water partition coefficient (Wildman–Crippen LogP) is 3.04. The van der Waals surface area contributed by atoms with Gasteiger partial charge in [-0.25, -0.2) is 0 Å². The summed E-state index contributed by atoms with van der Waals surface area (Å²) >= 11 is 7.07. The van der Waals surface area contributed by atoms with Crippen LogP contribution in [0, 0.1) is 0 Å². The summed E-state index contributed by atoms with van der Waals surface area (Å²) in [6.07, 6.45) is 6.73. The van der Waals surface area contributed by atoms with Crippen LogP contribution in [-0.4, -0.2) is 16.3 Å². The quantitative estimate of drug-likeness (QED) is 0.804. The molecule has 2 rings (SSSR count). The van der Waals surface area contributed by atoms with Crippen molar-refractivity contribution in [1.29, 1.82) is 0 Å². The largest absolute Gasteiger partial charge is 0.371 e. The van der Waals surface area contributed by atoms with Gasteiger partial charge in [-0.15, -0.1) is 10.2 Å².